The summed E-state index contributed by atoms with van der Waals surface area (Å²) in [5, 5.41) is 13.1. The summed E-state index contributed by atoms with van der Waals surface area (Å²) in [6, 6.07) is 3.29. The highest BCUT2D eigenvalue weighted by Gasteiger charge is 2.41. The first-order valence-corrected chi connectivity index (χ1v) is 7.96. The van der Waals surface area contributed by atoms with Crippen LogP contribution in [0.25, 0.3) is 0 Å². The number of alkyl halides is 3. The van der Waals surface area contributed by atoms with Gasteiger partial charge in [-0.3, -0.25) is 9.59 Å². The molecular weight excluding hydrogens is 337 g/mol. The average Bonchev–Trinajstić information content (AvgIpc) is 2.52. The average molecular weight is 358 g/mol. The summed E-state index contributed by atoms with van der Waals surface area (Å²) in [6.45, 7) is 3.31. The van der Waals surface area contributed by atoms with E-state index in [1.807, 2.05) is 0 Å². The minimum atomic E-state index is -4.42. The number of nitrogens with zero attached hydrogens (tertiary/aromatic N) is 1. The van der Waals surface area contributed by atoms with Crippen molar-refractivity contribution in [3.63, 3.8) is 0 Å². The normalized spacial score (nSPS) is 21.1. The molecule has 1 aliphatic rings. The molecule has 2 rings (SSSR count). The zero-order chi connectivity index (χ0) is 18.8. The van der Waals surface area contributed by atoms with Gasteiger partial charge < -0.3 is 15.3 Å². The van der Waals surface area contributed by atoms with Gasteiger partial charge in [0.25, 0.3) is 5.91 Å². The van der Waals surface area contributed by atoms with Crippen LogP contribution in [-0.4, -0.2) is 40.5 Å². The molecule has 1 aromatic rings. The summed E-state index contributed by atoms with van der Waals surface area (Å²) >= 11 is 0. The van der Waals surface area contributed by atoms with Crippen LogP contribution >= 0.6 is 0 Å². The number of aryl methyl sites for hydroxylation is 1. The lowest BCUT2D eigenvalue weighted by Crippen LogP contribution is -2.57. The van der Waals surface area contributed by atoms with Crippen molar-refractivity contribution in [3.8, 4) is 0 Å². The van der Waals surface area contributed by atoms with Gasteiger partial charge in [0.1, 0.15) is 0 Å². The number of β-amino-alcohol motifs (C(OH)–C–C–N with tert-alkyl or cyclic N) is 1. The van der Waals surface area contributed by atoms with Crippen LogP contribution in [0.1, 0.15) is 36.5 Å². The monoisotopic (exact) mass is 358 g/mol. The van der Waals surface area contributed by atoms with Crippen molar-refractivity contribution in [2.75, 3.05) is 13.1 Å². The third-order valence-electron chi connectivity index (χ3n) is 4.45. The molecule has 1 atom stereocenters. The molecule has 0 aliphatic carbocycles. The number of rotatable bonds is 3. The number of carbonyl (C=O) groups is 2. The maximum Gasteiger partial charge on any atom is 0.416 e. The molecule has 2 amide bonds. The zero-order valence-corrected chi connectivity index (χ0v) is 14.1. The minimum Gasteiger partial charge on any atom is -0.378 e. The van der Waals surface area contributed by atoms with Crippen LogP contribution in [-0.2, 0) is 22.3 Å². The number of aliphatic hydroxyl groups is 1. The molecule has 0 radical (unpaired) electrons. The topological polar surface area (TPSA) is 69.6 Å². The van der Waals surface area contributed by atoms with Gasteiger partial charge in [0.2, 0.25) is 5.91 Å². The first-order valence-electron chi connectivity index (χ1n) is 7.96. The summed E-state index contributed by atoms with van der Waals surface area (Å²) in [5.41, 5.74) is -1.49. The zero-order valence-electron chi connectivity index (χ0n) is 14.1. The van der Waals surface area contributed by atoms with E-state index < -0.39 is 23.2 Å². The molecule has 1 saturated heterocycles. The van der Waals surface area contributed by atoms with E-state index in [1.165, 1.54) is 24.8 Å². The molecule has 8 heteroatoms. The fourth-order valence-corrected chi connectivity index (χ4v) is 2.90. The van der Waals surface area contributed by atoms with E-state index in [1.54, 1.807) is 0 Å². The van der Waals surface area contributed by atoms with E-state index in [-0.39, 0.29) is 25.4 Å². The van der Waals surface area contributed by atoms with Crippen LogP contribution in [0.3, 0.4) is 0 Å². The number of nitrogens with one attached hydrogen (secondary N) is 1. The predicted molar refractivity (Wildman–Crippen MR) is 84.5 cm³/mol. The van der Waals surface area contributed by atoms with E-state index in [0.29, 0.717) is 24.1 Å². The summed E-state index contributed by atoms with van der Waals surface area (Å²) in [4.78, 5) is 25.2. The Balaban J connectivity index is 2.03. The summed E-state index contributed by atoms with van der Waals surface area (Å²) in [6.07, 6.45) is -3.68. The first-order chi connectivity index (χ1) is 11.5. The lowest BCUT2D eigenvalue weighted by Gasteiger charge is -2.37. The molecule has 1 heterocycles. The Morgan fingerprint density at radius 3 is 2.60 bits per heavy atom. The van der Waals surface area contributed by atoms with Gasteiger partial charge in [0.05, 0.1) is 12.1 Å². The molecule has 1 unspecified atom stereocenters. The van der Waals surface area contributed by atoms with Gasteiger partial charge in [0.15, 0.2) is 5.60 Å². The lowest BCUT2D eigenvalue weighted by molar-refractivity contribution is -0.150. The number of amides is 2. The van der Waals surface area contributed by atoms with Crippen molar-refractivity contribution < 1.29 is 27.9 Å². The Morgan fingerprint density at radius 1 is 1.36 bits per heavy atom. The number of halogens is 3. The van der Waals surface area contributed by atoms with Crippen molar-refractivity contribution in [3.05, 3.63) is 34.9 Å². The number of hydrogen-bond donors (Lipinski definition) is 2. The molecule has 0 bridgehead atoms. The van der Waals surface area contributed by atoms with Crippen LogP contribution in [0.2, 0.25) is 0 Å². The van der Waals surface area contributed by atoms with E-state index in [2.05, 4.69) is 5.32 Å². The maximum absolute atomic E-state index is 12.7. The van der Waals surface area contributed by atoms with Crippen LogP contribution in [0.5, 0.6) is 0 Å². The smallest absolute Gasteiger partial charge is 0.378 e. The molecule has 1 fully saturated rings. The van der Waals surface area contributed by atoms with Gasteiger partial charge in [-0.25, -0.2) is 0 Å². The minimum absolute atomic E-state index is 0.00514. The van der Waals surface area contributed by atoms with Gasteiger partial charge in [-0.2, -0.15) is 13.2 Å². The van der Waals surface area contributed by atoms with Crippen molar-refractivity contribution in [2.24, 2.45) is 0 Å². The Kier molecular flexibility index (Phi) is 5.41. The predicted octanol–water partition coefficient (Wildman–Crippen LogP) is 2.00. The van der Waals surface area contributed by atoms with Crippen LogP contribution < -0.4 is 5.32 Å². The van der Waals surface area contributed by atoms with Crippen molar-refractivity contribution in [2.45, 2.75) is 45.0 Å². The Morgan fingerprint density at radius 2 is 2.04 bits per heavy atom. The van der Waals surface area contributed by atoms with E-state index in [0.717, 1.165) is 12.1 Å². The molecule has 0 aromatic heterocycles. The molecule has 25 heavy (non-hydrogen) atoms. The SMILES string of the molecule is CC(=O)N1CCCC(O)(C(=O)NCc2ccc(C(F)(F)F)cc2C)C1. The number of piperidine rings is 1. The molecule has 0 saturated carbocycles. The number of likely N-dealkylation sites (tertiary alicyclic amines) is 1. The van der Waals surface area contributed by atoms with Gasteiger partial charge >= 0.3 is 6.18 Å². The fourth-order valence-electron chi connectivity index (χ4n) is 2.90. The van der Waals surface area contributed by atoms with Gasteiger partial charge in [-0.05, 0) is 43.0 Å². The lowest BCUT2D eigenvalue weighted by atomic mass is 9.91. The fraction of sp³-hybridized carbons (Fsp3) is 0.529. The Labute approximate surface area is 143 Å². The van der Waals surface area contributed by atoms with Crippen LogP contribution in [0.4, 0.5) is 13.2 Å². The molecule has 1 aliphatic heterocycles. The summed E-state index contributed by atoms with van der Waals surface area (Å²) in [5.74, 6) is -0.845. The number of hydrogen-bond acceptors (Lipinski definition) is 3. The van der Waals surface area contributed by atoms with Crippen molar-refractivity contribution in [1.29, 1.82) is 0 Å². The molecule has 2 N–H and O–H groups in total. The van der Waals surface area contributed by atoms with Gasteiger partial charge in [-0.15, -0.1) is 0 Å². The van der Waals surface area contributed by atoms with E-state index >= 15 is 0 Å². The summed E-state index contributed by atoms with van der Waals surface area (Å²) < 4.78 is 38.0. The standard InChI is InChI=1S/C17H21F3N2O3/c1-11-8-14(17(18,19)20)5-4-13(11)9-21-15(24)16(25)6-3-7-22(10-16)12(2)23/h4-5,8,25H,3,6-7,9-10H2,1-2H3,(H,21,24). The molecule has 1 aromatic carbocycles. The highest BCUT2D eigenvalue weighted by molar-refractivity contribution is 5.86. The highest BCUT2D eigenvalue weighted by atomic mass is 19.4. The molecular formula is C17H21F3N2O3. The third-order valence-corrected chi connectivity index (χ3v) is 4.45. The quantitative estimate of drug-likeness (QED) is 0.868. The number of benzene rings is 1. The summed E-state index contributed by atoms with van der Waals surface area (Å²) in [7, 11) is 0. The molecule has 5 nitrogen and oxygen atoms in total. The third kappa shape index (κ3) is 4.50. The van der Waals surface area contributed by atoms with Crippen LogP contribution in [0, 0.1) is 6.92 Å². The second-order valence-corrected chi connectivity index (χ2v) is 6.40. The molecule has 0 spiro atoms. The second kappa shape index (κ2) is 7.03. The van der Waals surface area contributed by atoms with E-state index in [9.17, 15) is 27.9 Å². The van der Waals surface area contributed by atoms with Crippen LogP contribution in [0.15, 0.2) is 18.2 Å². The first kappa shape index (κ1) is 19.2. The van der Waals surface area contributed by atoms with Gasteiger partial charge in [-0.1, -0.05) is 6.07 Å². The second-order valence-electron chi connectivity index (χ2n) is 6.40. The van der Waals surface area contributed by atoms with Crippen molar-refractivity contribution in [1.82, 2.24) is 10.2 Å². The van der Waals surface area contributed by atoms with E-state index in [4.69, 9.17) is 0 Å². The van der Waals surface area contributed by atoms with Gasteiger partial charge in [0, 0.05) is 20.0 Å². The Bertz CT molecular complexity index is 676. The Hall–Kier alpha value is -2.09. The van der Waals surface area contributed by atoms with Crippen molar-refractivity contribution >= 4 is 11.8 Å². The highest BCUT2D eigenvalue weighted by Crippen LogP contribution is 2.30. The molecule has 138 valence electrons. The largest absolute Gasteiger partial charge is 0.416 e. The maximum atomic E-state index is 12.7. The number of carbonyl (C=O) groups excluding carboxylic acids is 2.